The molecule has 0 aliphatic heterocycles. The molecule has 1 aliphatic carbocycles. The zero-order valence-corrected chi connectivity index (χ0v) is 14.5. The number of benzene rings is 1. The molecule has 1 aliphatic rings. The molecule has 1 aromatic carbocycles. The van der Waals surface area contributed by atoms with E-state index < -0.39 is 12.0 Å². The van der Waals surface area contributed by atoms with Gasteiger partial charge in [-0.05, 0) is 36.3 Å². The van der Waals surface area contributed by atoms with Gasteiger partial charge in [-0.25, -0.2) is 0 Å². The van der Waals surface area contributed by atoms with Crippen LogP contribution in [0.1, 0.15) is 44.1 Å². The van der Waals surface area contributed by atoms with Gasteiger partial charge in [-0.1, -0.05) is 49.1 Å². The normalized spacial score (nSPS) is 17.9. The number of nitrogens with two attached hydrogens (primary N) is 1. The third-order valence-corrected chi connectivity index (χ3v) is 5.18. The second-order valence-corrected chi connectivity index (χ2v) is 7.16. The Balaban J connectivity index is 1.92. The lowest BCUT2D eigenvalue weighted by molar-refractivity contribution is -0.140. The number of rotatable bonds is 7. The molecule has 2 rings (SSSR count). The van der Waals surface area contributed by atoms with E-state index in [1.54, 1.807) is 6.07 Å². The maximum absolute atomic E-state index is 12.3. The number of carboxylic acids is 1. The van der Waals surface area contributed by atoms with Crippen LogP contribution in [0.5, 0.6) is 0 Å². The molecule has 4 N–H and O–H groups in total. The Hall–Kier alpha value is -1.59. The summed E-state index contributed by atoms with van der Waals surface area (Å²) in [6, 6.07) is 6.61. The Kier molecular flexibility index (Phi) is 6.63. The van der Waals surface area contributed by atoms with Crippen LogP contribution >= 0.6 is 11.6 Å². The predicted octanol–water partition coefficient (Wildman–Crippen LogP) is 2.75. The van der Waals surface area contributed by atoms with Crippen molar-refractivity contribution in [1.82, 2.24) is 5.32 Å². The lowest BCUT2D eigenvalue weighted by Crippen LogP contribution is -2.47. The van der Waals surface area contributed by atoms with E-state index in [0.717, 1.165) is 37.7 Å². The highest BCUT2D eigenvalue weighted by Crippen LogP contribution is 2.38. The van der Waals surface area contributed by atoms with Crippen LogP contribution in [-0.4, -0.2) is 29.6 Å². The highest BCUT2D eigenvalue weighted by molar-refractivity contribution is 6.31. The molecule has 0 saturated heterocycles. The van der Waals surface area contributed by atoms with E-state index in [2.05, 4.69) is 5.32 Å². The lowest BCUT2D eigenvalue weighted by atomic mass is 9.71. The van der Waals surface area contributed by atoms with Crippen LogP contribution in [0.3, 0.4) is 0 Å². The van der Waals surface area contributed by atoms with Crippen molar-refractivity contribution in [3.63, 3.8) is 0 Å². The fourth-order valence-corrected chi connectivity index (χ4v) is 3.65. The molecular formula is C18H25ClN2O3. The molecule has 0 bridgehead atoms. The number of amides is 1. The van der Waals surface area contributed by atoms with Crippen LogP contribution in [0.4, 0.5) is 0 Å². The number of carbonyl (C=O) groups excluding carboxylic acids is 1. The average Bonchev–Trinajstić information content (AvgIpc) is 2.55. The first kappa shape index (κ1) is 18.7. The Morgan fingerprint density at radius 1 is 1.25 bits per heavy atom. The van der Waals surface area contributed by atoms with Crippen molar-refractivity contribution in [2.24, 2.45) is 11.1 Å². The van der Waals surface area contributed by atoms with Gasteiger partial charge in [0.05, 0.1) is 12.5 Å². The van der Waals surface area contributed by atoms with Gasteiger partial charge in [0, 0.05) is 11.6 Å². The van der Waals surface area contributed by atoms with E-state index in [0.29, 0.717) is 18.0 Å². The van der Waals surface area contributed by atoms with Crippen molar-refractivity contribution in [3.05, 3.63) is 34.9 Å². The average molecular weight is 353 g/mol. The number of hydrogen-bond donors (Lipinski definition) is 3. The smallest absolute Gasteiger partial charge is 0.303 e. The van der Waals surface area contributed by atoms with Crippen molar-refractivity contribution in [3.8, 4) is 0 Å². The van der Waals surface area contributed by atoms with E-state index in [4.69, 9.17) is 17.3 Å². The third-order valence-electron chi connectivity index (χ3n) is 4.81. The van der Waals surface area contributed by atoms with Crippen LogP contribution in [0.25, 0.3) is 0 Å². The van der Waals surface area contributed by atoms with Crippen molar-refractivity contribution >= 4 is 23.5 Å². The van der Waals surface area contributed by atoms with Crippen molar-refractivity contribution in [2.45, 2.75) is 51.0 Å². The van der Waals surface area contributed by atoms with Crippen molar-refractivity contribution < 1.29 is 14.7 Å². The van der Waals surface area contributed by atoms with E-state index in [1.165, 1.54) is 0 Å². The number of nitrogens with one attached hydrogen (secondary N) is 1. The molecule has 0 heterocycles. The molecule has 132 valence electrons. The first-order valence-electron chi connectivity index (χ1n) is 8.40. The quantitative estimate of drug-likeness (QED) is 0.703. The lowest BCUT2D eigenvalue weighted by Gasteiger charge is -2.36. The van der Waals surface area contributed by atoms with E-state index in [1.807, 2.05) is 18.2 Å². The zero-order valence-electron chi connectivity index (χ0n) is 13.8. The number of hydrogen-bond acceptors (Lipinski definition) is 3. The molecule has 0 spiro atoms. The first-order chi connectivity index (χ1) is 11.4. The van der Waals surface area contributed by atoms with Crippen LogP contribution < -0.4 is 11.1 Å². The predicted molar refractivity (Wildman–Crippen MR) is 93.9 cm³/mol. The topological polar surface area (TPSA) is 92.4 Å². The minimum Gasteiger partial charge on any atom is -0.481 e. The molecule has 1 atom stereocenters. The zero-order chi connectivity index (χ0) is 17.6. The van der Waals surface area contributed by atoms with E-state index >= 15 is 0 Å². The molecule has 1 fully saturated rings. The summed E-state index contributed by atoms with van der Waals surface area (Å²) >= 11 is 6.10. The minimum atomic E-state index is -0.813. The Bertz CT molecular complexity index is 585. The molecule has 0 radical (unpaired) electrons. The monoisotopic (exact) mass is 352 g/mol. The van der Waals surface area contributed by atoms with Crippen LogP contribution in [-0.2, 0) is 16.0 Å². The molecule has 0 aromatic heterocycles. The summed E-state index contributed by atoms with van der Waals surface area (Å²) in [7, 11) is 0. The number of carbonyl (C=O) groups is 2. The summed E-state index contributed by atoms with van der Waals surface area (Å²) in [6.45, 7) is 0.369. The summed E-state index contributed by atoms with van der Waals surface area (Å²) < 4.78 is 0. The maximum Gasteiger partial charge on any atom is 0.303 e. The molecule has 1 saturated carbocycles. The summed E-state index contributed by atoms with van der Waals surface area (Å²) in [5.74, 6) is -1.07. The Labute approximate surface area is 147 Å². The van der Waals surface area contributed by atoms with Gasteiger partial charge < -0.3 is 16.2 Å². The minimum absolute atomic E-state index is 0.0903. The second-order valence-electron chi connectivity index (χ2n) is 6.75. The molecule has 6 heteroatoms. The molecule has 5 nitrogen and oxygen atoms in total. The number of aliphatic carboxylic acids is 1. The molecular weight excluding hydrogens is 328 g/mol. The van der Waals surface area contributed by atoms with Crippen LogP contribution in [0, 0.1) is 5.41 Å². The van der Waals surface area contributed by atoms with Crippen molar-refractivity contribution in [1.29, 1.82) is 0 Å². The summed E-state index contributed by atoms with van der Waals surface area (Å²) in [4.78, 5) is 23.5. The maximum atomic E-state index is 12.3. The van der Waals surface area contributed by atoms with Gasteiger partial charge >= 0.3 is 5.97 Å². The van der Waals surface area contributed by atoms with Gasteiger partial charge in [-0.3, -0.25) is 9.59 Å². The largest absolute Gasteiger partial charge is 0.481 e. The number of halogens is 1. The summed E-state index contributed by atoms with van der Waals surface area (Å²) in [5.41, 5.74) is 6.48. The summed E-state index contributed by atoms with van der Waals surface area (Å²) in [5, 5.41) is 12.6. The van der Waals surface area contributed by atoms with Crippen LogP contribution in [0.15, 0.2) is 24.3 Å². The fourth-order valence-electron chi connectivity index (χ4n) is 3.44. The molecule has 0 unspecified atom stereocenters. The second kappa shape index (κ2) is 8.49. The van der Waals surface area contributed by atoms with Gasteiger partial charge in [-0.15, -0.1) is 0 Å². The SMILES string of the molecule is N[C@H](Cc1ccccc1Cl)C(=O)NCC1(CC(=O)O)CCCCC1. The molecule has 1 amide bonds. The van der Waals surface area contributed by atoms with Crippen molar-refractivity contribution in [2.75, 3.05) is 6.54 Å². The van der Waals surface area contributed by atoms with Crippen LogP contribution in [0.2, 0.25) is 5.02 Å². The highest BCUT2D eigenvalue weighted by atomic mass is 35.5. The van der Waals surface area contributed by atoms with Gasteiger partial charge in [0.15, 0.2) is 0 Å². The third kappa shape index (κ3) is 5.21. The summed E-state index contributed by atoms with van der Waals surface area (Å²) in [6.07, 6.45) is 5.26. The van der Waals surface area contributed by atoms with E-state index in [9.17, 15) is 14.7 Å². The highest BCUT2D eigenvalue weighted by Gasteiger charge is 2.35. The van der Waals surface area contributed by atoms with Gasteiger partial charge in [0.25, 0.3) is 0 Å². The first-order valence-corrected chi connectivity index (χ1v) is 8.78. The van der Waals surface area contributed by atoms with Gasteiger partial charge in [0.1, 0.15) is 0 Å². The standard InChI is InChI=1S/C18H25ClN2O3/c19-14-7-3-2-6-13(14)10-15(20)17(24)21-12-18(11-16(22)23)8-4-1-5-9-18/h2-3,6-7,15H,1,4-5,8-12,20H2,(H,21,24)(H,22,23)/t15-/m1/s1. The Morgan fingerprint density at radius 3 is 2.54 bits per heavy atom. The molecule has 1 aromatic rings. The van der Waals surface area contributed by atoms with Gasteiger partial charge in [0.2, 0.25) is 5.91 Å². The number of carboxylic acid groups (broad SMARTS) is 1. The van der Waals surface area contributed by atoms with Gasteiger partial charge in [-0.2, -0.15) is 0 Å². The van der Waals surface area contributed by atoms with E-state index in [-0.39, 0.29) is 17.7 Å². The fraction of sp³-hybridized carbons (Fsp3) is 0.556. The Morgan fingerprint density at radius 2 is 1.92 bits per heavy atom. The molecule has 24 heavy (non-hydrogen) atoms.